The van der Waals surface area contributed by atoms with Gasteiger partial charge in [-0.25, -0.2) is 9.59 Å². The van der Waals surface area contributed by atoms with E-state index in [-0.39, 0.29) is 6.61 Å². The molecule has 0 radical (unpaired) electrons. The Hall–Kier alpha value is -1.79. The summed E-state index contributed by atoms with van der Waals surface area (Å²) in [7, 11) is 0. The zero-order chi connectivity index (χ0) is 13.3. The van der Waals surface area contributed by atoms with E-state index in [9.17, 15) is 14.4 Å². The molecule has 0 fully saturated rings. The van der Waals surface area contributed by atoms with E-state index in [1.54, 1.807) is 0 Å². The molecule has 0 saturated carbocycles. The average Bonchev–Trinajstić information content (AvgIpc) is 2.22. The van der Waals surface area contributed by atoms with Gasteiger partial charge in [0, 0.05) is 0 Å². The van der Waals surface area contributed by atoms with Gasteiger partial charge in [-0.3, -0.25) is 4.79 Å². The fraction of sp³-hybridized carbons (Fsp3) is 0.700. The fourth-order valence-corrected chi connectivity index (χ4v) is 0.996. The highest BCUT2D eigenvalue weighted by atomic mass is 16.7. The minimum atomic E-state index is -1.72. The maximum absolute atomic E-state index is 11.0. The molecule has 0 bridgehead atoms. The lowest BCUT2D eigenvalue weighted by Gasteiger charge is -2.11. The molecule has 98 valence electrons. The number of carbonyl (C=O) groups is 3. The number of carbonyl (C=O) groups excluding carboxylic acids is 1. The van der Waals surface area contributed by atoms with Crippen LogP contribution in [0.15, 0.2) is 0 Å². The van der Waals surface area contributed by atoms with E-state index in [2.05, 4.69) is 9.47 Å². The second-order valence-corrected chi connectivity index (χ2v) is 3.35. The van der Waals surface area contributed by atoms with E-state index in [1.165, 1.54) is 0 Å². The molecule has 0 aliphatic carbocycles. The van der Waals surface area contributed by atoms with Gasteiger partial charge in [0.15, 0.2) is 0 Å². The molecule has 7 nitrogen and oxygen atoms in total. The zero-order valence-corrected chi connectivity index (χ0v) is 9.55. The quantitative estimate of drug-likeness (QED) is 0.491. The van der Waals surface area contributed by atoms with Gasteiger partial charge in [-0.05, 0) is 6.42 Å². The van der Waals surface area contributed by atoms with Crippen molar-refractivity contribution >= 4 is 18.1 Å². The number of carboxylic acids is 2. The third-order valence-corrected chi connectivity index (χ3v) is 1.84. The van der Waals surface area contributed by atoms with Gasteiger partial charge in [-0.2, -0.15) is 0 Å². The molecule has 1 unspecified atom stereocenters. The van der Waals surface area contributed by atoms with Crippen LogP contribution in [-0.2, 0) is 19.1 Å². The first-order valence-corrected chi connectivity index (χ1v) is 5.25. The summed E-state index contributed by atoms with van der Waals surface area (Å²) < 4.78 is 8.95. The molecule has 2 N–H and O–H groups in total. The highest BCUT2D eigenvalue weighted by molar-refractivity contribution is 5.81. The molecular weight excluding hydrogens is 232 g/mol. The molecule has 0 aromatic rings. The van der Waals surface area contributed by atoms with Gasteiger partial charge in [0.25, 0.3) is 0 Å². The molecule has 0 amide bonds. The Morgan fingerprint density at radius 1 is 1.18 bits per heavy atom. The first-order chi connectivity index (χ1) is 7.97. The summed E-state index contributed by atoms with van der Waals surface area (Å²) in [5.74, 6) is -2.88. The summed E-state index contributed by atoms with van der Waals surface area (Å²) in [6, 6.07) is 0. The normalized spacial score (nSPS) is 11.6. The Balaban J connectivity index is 3.96. The van der Waals surface area contributed by atoms with Crippen LogP contribution in [-0.4, -0.2) is 41.0 Å². The Kier molecular flexibility index (Phi) is 7.49. The number of aliphatic carboxylic acids is 2. The molecule has 0 aromatic carbocycles. The van der Waals surface area contributed by atoms with Crippen LogP contribution in [0.1, 0.15) is 32.6 Å². The maximum Gasteiger partial charge on any atom is 0.509 e. The SMILES string of the molecule is CCCCCOC(=O)OC(CC(=O)O)C(=O)O. The predicted octanol–water partition coefficient (Wildman–Crippen LogP) is 1.26. The van der Waals surface area contributed by atoms with Crippen molar-refractivity contribution in [2.45, 2.75) is 38.7 Å². The molecule has 1 atom stereocenters. The fourth-order valence-electron chi connectivity index (χ4n) is 0.996. The van der Waals surface area contributed by atoms with Crippen LogP contribution < -0.4 is 0 Å². The van der Waals surface area contributed by atoms with Crippen LogP contribution in [0, 0.1) is 0 Å². The Labute approximate surface area is 98.3 Å². The monoisotopic (exact) mass is 248 g/mol. The first kappa shape index (κ1) is 15.2. The van der Waals surface area contributed by atoms with Gasteiger partial charge >= 0.3 is 18.1 Å². The van der Waals surface area contributed by atoms with E-state index in [1.807, 2.05) is 6.92 Å². The van der Waals surface area contributed by atoms with E-state index >= 15 is 0 Å². The van der Waals surface area contributed by atoms with E-state index in [0.717, 1.165) is 12.8 Å². The van der Waals surface area contributed by atoms with Crippen molar-refractivity contribution in [3.63, 3.8) is 0 Å². The Morgan fingerprint density at radius 3 is 2.29 bits per heavy atom. The van der Waals surface area contributed by atoms with Crippen molar-refractivity contribution < 1.29 is 34.1 Å². The number of unbranched alkanes of at least 4 members (excludes halogenated alkanes) is 2. The summed E-state index contributed by atoms with van der Waals surface area (Å²) in [5.41, 5.74) is 0. The van der Waals surface area contributed by atoms with Gasteiger partial charge < -0.3 is 19.7 Å². The third kappa shape index (κ3) is 8.06. The predicted molar refractivity (Wildman–Crippen MR) is 55.6 cm³/mol. The number of rotatable bonds is 8. The van der Waals surface area contributed by atoms with Crippen LogP contribution in [0.3, 0.4) is 0 Å². The summed E-state index contributed by atoms with van der Waals surface area (Å²) >= 11 is 0. The van der Waals surface area contributed by atoms with Crippen LogP contribution in [0.2, 0.25) is 0 Å². The second-order valence-electron chi connectivity index (χ2n) is 3.35. The minimum absolute atomic E-state index is 0.131. The lowest BCUT2D eigenvalue weighted by atomic mass is 10.2. The topological polar surface area (TPSA) is 110 Å². The van der Waals surface area contributed by atoms with Gasteiger partial charge in [0.1, 0.15) is 0 Å². The largest absolute Gasteiger partial charge is 0.509 e. The molecule has 0 aromatic heterocycles. The summed E-state index contributed by atoms with van der Waals surface area (Å²) in [6.45, 7) is 2.11. The Bertz CT molecular complexity index is 274. The van der Waals surface area contributed by atoms with E-state index in [0.29, 0.717) is 6.42 Å². The van der Waals surface area contributed by atoms with Crippen molar-refractivity contribution in [2.24, 2.45) is 0 Å². The molecule has 0 aliphatic rings. The van der Waals surface area contributed by atoms with Crippen LogP contribution in [0.25, 0.3) is 0 Å². The molecule has 0 heterocycles. The summed E-state index contributed by atoms with van der Waals surface area (Å²) in [6.07, 6.45) is -1.18. The average molecular weight is 248 g/mol. The highest BCUT2D eigenvalue weighted by Crippen LogP contribution is 2.03. The number of hydrogen-bond donors (Lipinski definition) is 2. The standard InChI is InChI=1S/C10H16O7/c1-2-3-4-5-16-10(15)17-7(9(13)14)6-8(11)12/h7H,2-6H2,1H3,(H,11,12)(H,13,14). The van der Waals surface area contributed by atoms with Crippen molar-refractivity contribution in [3.05, 3.63) is 0 Å². The van der Waals surface area contributed by atoms with Gasteiger partial charge in [0.2, 0.25) is 6.10 Å². The van der Waals surface area contributed by atoms with E-state index < -0.39 is 30.6 Å². The zero-order valence-electron chi connectivity index (χ0n) is 9.55. The van der Waals surface area contributed by atoms with Crippen molar-refractivity contribution in [1.29, 1.82) is 0 Å². The van der Waals surface area contributed by atoms with Crippen LogP contribution >= 0.6 is 0 Å². The summed E-state index contributed by atoms with van der Waals surface area (Å²) in [5, 5.41) is 17.0. The van der Waals surface area contributed by atoms with Crippen molar-refractivity contribution in [1.82, 2.24) is 0 Å². The third-order valence-electron chi connectivity index (χ3n) is 1.84. The second kappa shape index (κ2) is 8.37. The van der Waals surface area contributed by atoms with Crippen molar-refractivity contribution in [3.8, 4) is 0 Å². The maximum atomic E-state index is 11.0. The summed E-state index contributed by atoms with van der Waals surface area (Å²) in [4.78, 5) is 31.9. The molecule has 0 spiro atoms. The highest BCUT2D eigenvalue weighted by Gasteiger charge is 2.25. The molecular formula is C10H16O7. The van der Waals surface area contributed by atoms with Crippen molar-refractivity contribution in [2.75, 3.05) is 6.61 Å². The molecule has 7 heteroatoms. The smallest absolute Gasteiger partial charge is 0.481 e. The molecule has 0 rings (SSSR count). The van der Waals surface area contributed by atoms with Crippen LogP contribution in [0.5, 0.6) is 0 Å². The van der Waals surface area contributed by atoms with Gasteiger partial charge in [-0.15, -0.1) is 0 Å². The van der Waals surface area contributed by atoms with Gasteiger partial charge in [0.05, 0.1) is 13.0 Å². The van der Waals surface area contributed by atoms with Gasteiger partial charge in [-0.1, -0.05) is 19.8 Å². The number of ether oxygens (including phenoxy) is 2. The number of carboxylic acid groups (broad SMARTS) is 2. The lowest BCUT2D eigenvalue weighted by molar-refractivity contribution is -0.154. The molecule has 0 saturated heterocycles. The molecule has 17 heavy (non-hydrogen) atoms. The Morgan fingerprint density at radius 2 is 1.82 bits per heavy atom. The van der Waals surface area contributed by atoms with E-state index in [4.69, 9.17) is 10.2 Å². The van der Waals surface area contributed by atoms with Crippen LogP contribution in [0.4, 0.5) is 4.79 Å². The first-order valence-electron chi connectivity index (χ1n) is 5.25. The minimum Gasteiger partial charge on any atom is -0.481 e. The molecule has 0 aliphatic heterocycles. The lowest BCUT2D eigenvalue weighted by Crippen LogP contribution is -2.30. The number of hydrogen-bond acceptors (Lipinski definition) is 5.